The Kier molecular flexibility index (Phi) is 5.63. The zero-order valence-corrected chi connectivity index (χ0v) is 17.1. The lowest BCUT2D eigenvalue weighted by Gasteiger charge is -2.09. The monoisotopic (exact) mass is 413 g/mol. The number of H-pyrrole nitrogens is 1. The lowest BCUT2D eigenvalue weighted by molar-refractivity contribution is 0.387. The maximum Gasteiger partial charge on any atom is 0.165 e. The molecule has 2 aromatic heterocycles. The van der Waals surface area contributed by atoms with Gasteiger partial charge in [0.1, 0.15) is 5.82 Å². The van der Waals surface area contributed by atoms with Gasteiger partial charge in [0.05, 0.1) is 36.7 Å². The van der Waals surface area contributed by atoms with Gasteiger partial charge in [0.2, 0.25) is 0 Å². The molecule has 0 saturated carbocycles. The first kappa shape index (κ1) is 20.1. The van der Waals surface area contributed by atoms with Crippen molar-refractivity contribution in [1.29, 1.82) is 5.26 Å². The second kappa shape index (κ2) is 8.67. The average Bonchev–Trinajstić information content (AvgIpc) is 3.27. The number of ether oxygens (including phenoxy) is 1. The van der Waals surface area contributed by atoms with Crippen molar-refractivity contribution in [2.45, 2.75) is 13.5 Å². The molecule has 4 aromatic rings. The number of hydrogen-bond acceptors (Lipinski definition) is 5. The molecule has 0 unspecified atom stereocenters. The van der Waals surface area contributed by atoms with Crippen molar-refractivity contribution >= 4 is 5.82 Å². The molecule has 0 fully saturated rings. The van der Waals surface area contributed by atoms with Gasteiger partial charge in [-0.05, 0) is 72.1 Å². The molecule has 0 aliphatic carbocycles. The third kappa shape index (κ3) is 4.38. The Labute approximate surface area is 179 Å². The third-order valence-corrected chi connectivity index (χ3v) is 4.96. The summed E-state index contributed by atoms with van der Waals surface area (Å²) in [4.78, 5) is 4.38. The molecule has 0 bridgehead atoms. The van der Waals surface area contributed by atoms with Gasteiger partial charge in [-0.1, -0.05) is 6.07 Å². The number of halogens is 1. The summed E-state index contributed by atoms with van der Waals surface area (Å²) < 4.78 is 18.7. The molecule has 2 aromatic carbocycles. The molecule has 4 rings (SSSR count). The van der Waals surface area contributed by atoms with Gasteiger partial charge < -0.3 is 10.1 Å². The summed E-state index contributed by atoms with van der Waals surface area (Å²) in [5, 5.41) is 19.6. The summed E-state index contributed by atoms with van der Waals surface area (Å²) in [6.07, 6.45) is 1.75. The van der Waals surface area contributed by atoms with E-state index in [-0.39, 0.29) is 5.75 Å². The highest BCUT2D eigenvalue weighted by atomic mass is 19.1. The normalized spacial score (nSPS) is 10.5. The number of methoxy groups -OCH3 is 1. The Morgan fingerprint density at radius 1 is 1.10 bits per heavy atom. The maximum atomic E-state index is 13.6. The Bertz CT molecular complexity index is 1280. The van der Waals surface area contributed by atoms with E-state index in [0.717, 1.165) is 33.8 Å². The fourth-order valence-corrected chi connectivity index (χ4v) is 3.36. The van der Waals surface area contributed by atoms with E-state index in [1.165, 1.54) is 13.2 Å². The van der Waals surface area contributed by atoms with Crippen LogP contribution in [0.25, 0.3) is 22.4 Å². The number of nitriles is 1. The van der Waals surface area contributed by atoms with Gasteiger partial charge in [-0.2, -0.15) is 10.4 Å². The van der Waals surface area contributed by atoms with Crippen LogP contribution in [0.4, 0.5) is 10.2 Å². The largest absolute Gasteiger partial charge is 0.494 e. The smallest absolute Gasteiger partial charge is 0.165 e. The molecule has 0 radical (unpaired) electrons. The Morgan fingerprint density at radius 2 is 1.97 bits per heavy atom. The maximum absolute atomic E-state index is 13.6. The van der Waals surface area contributed by atoms with Crippen molar-refractivity contribution in [2.24, 2.45) is 0 Å². The number of rotatable bonds is 6. The Morgan fingerprint density at radius 3 is 2.74 bits per heavy atom. The van der Waals surface area contributed by atoms with Gasteiger partial charge >= 0.3 is 0 Å². The van der Waals surface area contributed by atoms with Gasteiger partial charge in [0.25, 0.3) is 0 Å². The van der Waals surface area contributed by atoms with Gasteiger partial charge in [0.15, 0.2) is 11.6 Å². The topological polar surface area (TPSA) is 86.6 Å². The van der Waals surface area contributed by atoms with E-state index < -0.39 is 5.82 Å². The van der Waals surface area contributed by atoms with Crippen molar-refractivity contribution < 1.29 is 9.13 Å². The molecule has 7 heteroatoms. The van der Waals surface area contributed by atoms with Crippen LogP contribution in [0, 0.1) is 24.1 Å². The number of benzene rings is 2. The molecular formula is C24H20FN5O. The van der Waals surface area contributed by atoms with E-state index in [4.69, 9.17) is 10.00 Å². The number of hydrogen-bond donors (Lipinski definition) is 2. The van der Waals surface area contributed by atoms with Crippen LogP contribution in [0.1, 0.15) is 16.8 Å². The second-order valence-corrected chi connectivity index (χ2v) is 7.05. The van der Waals surface area contributed by atoms with E-state index >= 15 is 0 Å². The molecule has 0 saturated heterocycles. The van der Waals surface area contributed by atoms with E-state index in [1.54, 1.807) is 18.3 Å². The number of pyridine rings is 1. The highest BCUT2D eigenvalue weighted by Gasteiger charge is 2.09. The summed E-state index contributed by atoms with van der Waals surface area (Å²) in [7, 11) is 1.43. The third-order valence-electron chi connectivity index (χ3n) is 4.96. The van der Waals surface area contributed by atoms with Crippen molar-refractivity contribution in [2.75, 3.05) is 12.4 Å². The van der Waals surface area contributed by atoms with Crippen LogP contribution in [0.2, 0.25) is 0 Å². The molecule has 6 nitrogen and oxygen atoms in total. The van der Waals surface area contributed by atoms with Crippen LogP contribution in [0.15, 0.2) is 60.8 Å². The molecule has 154 valence electrons. The summed E-state index contributed by atoms with van der Waals surface area (Å²) in [6, 6.07) is 18.2. The van der Waals surface area contributed by atoms with E-state index in [1.807, 2.05) is 43.3 Å². The van der Waals surface area contributed by atoms with Crippen molar-refractivity contribution in [3.8, 4) is 34.2 Å². The Balaban J connectivity index is 1.48. The first-order chi connectivity index (χ1) is 15.1. The number of nitrogens with zero attached hydrogens (tertiary/aromatic N) is 3. The minimum Gasteiger partial charge on any atom is -0.494 e. The van der Waals surface area contributed by atoms with Gasteiger partial charge in [-0.15, -0.1) is 0 Å². The van der Waals surface area contributed by atoms with Crippen molar-refractivity contribution in [3.63, 3.8) is 0 Å². The molecule has 0 aliphatic rings. The summed E-state index contributed by atoms with van der Waals surface area (Å²) >= 11 is 0. The molecular weight excluding hydrogens is 393 g/mol. The van der Waals surface area contributed by atoms with Crippen LogP contribution in [-0.2, 0) is 6.54 Å². The second-order valence-electron chi connectivity index (χ2n) is 7.05. The fraction of sp³-hybridized carbons (Fsp3) is 0.125. The predicted octanol–water partition coefficient (Wildman–Crippen LogP) is 5.08. The van der Waals surface area contributed by atoms with E-state index in [0.29, 0.717) is 17.8 Å². The van der Waals surface area contributed by atoms with Crippen LogP contribution < -0.4 is 10.1 Å². The number of aryl methyl sites for hydroxylation is 1. The van der Waals surface area contributed by atoms with Crippen molar-refractivity contribution in [3.05, 3.63) is 83.4 Å². The summed E-state index contributed by atoms with van der Waals surface area (Å²) in [6.45, 7) is 2.48. The zero-order chi connectivity index (χ0) is 21.8. The van der Waals surface area contributed by atoms with Crippen LogP contribution in [0.3, 0.4) is 0 Å². The van der Waals surface area contributed by atoms with Crippen LogP contribution >= 0.6 is 0 Å². The summed E-state index contributed by atoms with van der Waals surface area (Å²) in [5.74, 6) is 0.493. The quantitative estimate of drug-likeness (QED) is 0.460. The molecule has 0 amide bonds. The molecule has 0 spiro atoms. The standard InChI is InChI=1S/C24H20FN5O/c1-15-9-16(13-26)3-5-20(15)17-7-8-27-24(11-17)28-14-19-12-22(30-29-19)18-4-6-21(25)23(10-18)31-2/h3-12H,14H2,1-2H3,(H,27,28)(H,29,30). The number of aromatic nitrogens is 3. The number of nitrogens with one attached hydrogen (secondary N) is 2. The summed E-state index contributed by atoms with van der Waals surface area (Å²) in [5.41, 5.74) is 6.07. The predicted molar refractivity (Wildman–Crippen MR) is 117 cm³/mol. The molecule has 2 heterocycles. The van der Waals surface area contributed by atoms with E-state index in [2.05, 4.69) is 26.6 Å². The molecule has 2 N–H and O–H groups in total. The lowest BCUT2D eigenvalue weighted by Crippen LogP contribution is -2.01. The minimum absolute atomic E-state index is 0.180. The van der Waals surface area contributed by atoms with Gasteiger partial charge in [-0.25, -0.2) is 9.37 Å². The Hall–Kier alpha value is -4.18. The fourth-order valence-electron chi connectivity index (χ4n) is 3.36. The van der Waals surface area contributed by atoms with Gasteiger partial charge in [0, 0.05) is 11.8 Å². The number of anilines is 1. The minimum atomic E-state index is -0.410. The molecule has 0 atom stereocenters. The first-order valence-corrected chi connectivity index (χ1v) is 9.66. The van der Waals surface area contributed by atoms with Crippen molar-refractivity contribution in [1.82, 2.24) is 15.2 Å². The van der Waals surface area contributed by atoms with E-state index in [9.17, 15) is 4.39 Å². The highest BCUT2D eigenvalue weighted by Crippen LogP contribution is 2.27. The average molecular weight is 413 g/mol. The van der Waals surface area contributed by atoms with Gasteiger partial charge in [-0.3, -0.25) is 5.10 Å². The molecule has 31 heavy (non-hydrogen) atoms. The highest BCUT2D eigenvalue weighted by molar-refractivity contribution is 5.70. The lowest BCUT2D eigenvalue weighted by atomic mass is 9.99. The van der Waals surface area contributed by atoms with Crippen LogP contribution in [-0.4, -0.2) is 22.3 Å². The van der Waals surface area contributed by atoms with Crippen LogP contribution in [0.5, 0.6) is 5.75 Å². The SMILES string of the molecule is COc1cc(-c2cc(CNc3cc(-c4ccc(C#N)cc4C)ccn3)[nH]n2)ccc1F. The first-order valence-electron chi connectivity index (χ1n) is 9.66. The zero-order valence-electron chi connectivity index (χ0n) is 17.1. The number of aromatic amines is 1. The molecule has 0 aliphatic heterocycles.